The van der Waals surface area contributed by atoms with Gasteiger partial charge >= 0.3 is 0 Å². The van der Waals surface area contributed by atoms with E-state index < -0.39 is 0 Å². The topological polar surface area (TPSA) is 120 Å². The molecule has 4 unspecified atom stereocenters. The van der Waals surface area contributed by atoms with Gasteiger partial charge in [-0.05, 0) is 51.9 Å². The van der Waals surface area contributed by atoms with Crippen molar-refractivity contribution in [2.75, 3.05) is 39.5 Å². The third kappa shape index (κ3) is 8.95. The monoisotopic (exact) mass is 398 g/mol. The van der Waals surface area contributed by atoms with E-state index in [9.17, 15) is 0 Å². The van der Waals surface area contributed by atoms with Gasteiger partial charge < -0.3 is 0 Å². The highest BCUT2D eigenvalue weighted by atomic mass is 15.5. The van der Waals surface area contributed by atoms with Crippen LogP contribution in [0.2, 0.25) is 0 Å². The Labute approximate surface area is 169 Å². The molecule has 10 N–H and O–H groups in total. The maximum absolute atomic E-state index is 3.57. The molecule has 0 aliphatic carbocycles. The lowest BCUT2D eigenvalue weighted by molar-refractivity contribution is 0.197. The van der Waals surface area contributed by atoms with Crippen LogP contribution in [-0.2, 0) is 0 Å². The van der Waals surface area contributed by atoms with Gasteiger partial charge in [-0.25, -0.2) is 0 Å². The minimum atomic E-state index is 0.175. The van der Waals surface area contributed by atoms with E-state index in [2.05, 4.69) is 53.2 Å². The van der Waals surface area contributed by atoms with Crippen molar-refractivity contribution in [1.82, 2.24) is 53.2 Å². The average molecular weight is 399 g/mol. The predicted molar refractivity (Wildman–Crippen MR) is 113 cm³/mol. The zero-order valence-corrected chi connectivity index (χ0v) is 17.2. The van der Waals surface area contributed by atoms with Crippen LogP contribution >= 0.6 is 0 Å². The van der Waals surface area contributed by atoms with Gasteiger partial charge in [-0.15, -0.1) is 0 Å². The molecule has 4 bridgehead atoms. The van der Waals surface area contributed by atoms with E-state index >= 15 is 0 Å². The van der Waals surface area contributed by atoms with Crippen LogP contribution in [0.4, 0.5) is 0 Å². The Kier molecular flexibility index (Phi) is 10.9. The van der Waals surface area contributed by atoms with Gasteiger partial charge in [-0.1, -0.05) is 25.7 Å². The first-order valence-corrected chi connectivity index (χ1v) is 11.3. The van der Waals surface area contributed by atoms with Crippen LogP contribution in [0.25, 0.3) is 0 Å². The Bertz CT molecular complexity index is 331. The standard InChI is InChI=1S/C18H42N10/c1-2-6-10-20-16-24-14-26-18(28-16)22-12-8-4-3-7-11-21-17-25-13-23-15(27-17)19-9-5-1/h15-28H,1-14H2. The van der Waals surface area contributed by atoms with E-state index in [0.717, 1.165) is 39.5 Å². The fourth-order valence-electron chi connectivity index (χ4n) is 3.81. The zero-order valence-electron chi connectivity index (χ0n) is 17.2. The summed E-state index contributed by atoms with van der Waals surface area (Å²) in [4.78, 5) is 0. The van der Waals surface area contributed by atoms with Gasteiger partial charge in [0.25, 0.3) is 0 Å². The van der Waals surface area contributed by atoms with E-state index in [1.54, 1.807) is 0 Å². The largest absolute Gasteiger partial charge is 0.290 e. The van der Waals surface area contributed by atoms with Crippen molar-refractivity contribution in [2.24, 2.45) is 0 Å². The first-order valence-electron chi connectivity index (χ1n) is 11.3. The van der Waals surface area contributed by atoms with Crippen LogP contribution in [0.1, 0.15) is 51.4 Å². The van der Waals surface area contributed by atoms with Gasteiger partial charge in [0.15, 0.2) is 0 Å². The highest BCUT2D eigenvalue weighted by Crippen LogP contribution is 2.00. The smallest absolute Gasteiger partial charge is 0.115 e. The second kappa shape index (κ2) is 13.8. The Morgan fingerprint density at radius 2 is 0.607 bits per heavy atom. The molecule has 10 nitrogen and oxygen atoms in total. The zero-order chi connectivity index (χ0) is 19.3. The Morgan fingerprint density at radius 3 is 0.893 bits per heavy atom. The molecule has 0 spiro atoms. The molecule has 3 aliphatic rings. The van der Waals surface area contributed by atoms with Crippen LogP contribution in [0.15, 0.2) is 0 Å². The maximum Gasteiger partial charge on any atom is 0.115 e. The molecule has 0 saturated carbocycles. The second-order valence-corrected chi connectivity index (χ2v) is 7.88. The van der Waals surface area contributed by atoms with Gasteiger partial charge in [0.05, 0.1) is 13.3 Å². The quantitative estimate of drug-likeness (QED) is 0.226. The van der Waals surface area contributed by atoms with Crippen molar-refractivity contribution in [3.63, 3.8) is 0 Å². The average Bonchev–Trinajstić information content (AvgIpc) is 2.72. The Balaban J connectivity index is 1.37. The van der Waals surface area contributed by atoms with E-state index in [1.165, 1.54) is 51.4 Å². The fraction of sp³-hybridized carbons (Fsp3) is 1.00. The summed E-state index contributed by atoms with van der Waals surface area (Å²) in [6.07, 6.45) is 10.6. The fourth-order valence-corrected chi connectivity index (χ4v) is 3.81. The lowest BCUT2D eigenvalue weighted by Crippen LogP contribution is -2.70. The molecule has 0 aromatic rings. The molecule has 0 aromatic heterocycles. The molecule has 0 radical (unpaired) electrons. The van der Waals surface area contributed by atoms with Crippen molar-refractivity contribution in [3.05, 3.63) is 0 Å². The summed E-state index contributed by atoms with van der Waals surface area (Å²) in [6, 6.07) is 0. The summed E-state index contributed by atoms with van der Waals surface area (Å²) >= 11 is 0. The first kappa shape index (κ1) is 22.3. The van der Waals surface area contributed by atoms with Crippen molar-refractivity contribution in [2.45, 2.75) is 76.5 Å². The third-order valence-corrected chi connectivity index (χ3v) is 5.49. The minimum absolute atomic E-state index is 0.175. The Hall–Kier alpha value is -0.400. The lowest BCUT2D eigenvalue weighted by Gasteiger charge is -2.34. The molecule has 10 heteroatoms. The van der Waals surface area contributed by atoms with Crippen molar-refractivity contribution in [3.8, 4) is 0 Å². The van der Waals surface area contributed by atoms with E-state index in [4.69, 9.17) is 0 Å². The predicted octanol–water partition coefficient (Wildman–Crippen LogP) is -1.91. The van der Waals surface area contributed by atoms with Gasteiger partial charge in [0.1, 0.15) is 25.2 Å². The van der Waals surface area contributed by atoms with E-state index in [-0.39, 0.29) is 25.2 Å². The van der Waals surface area contributed by atoms with Crippen LogP contribution in [0.3, 0.4) is 0 Å². The summed E-state index contributed by atoms with van der Waals surface area (Å²) in [5.74, 6) is 0. The molecule has 0 amide bonds. The highest BCUT2D eigenvalue weighted by Gasteiger charge is 2.19. The number of hydrogen-bond acceptors (Lipinski definition) is 10. The number of fused-ring (bicyclic) bond motifs is 4. The van der Waals surface area contributed by atoms with Crippen molar-refractivity contribution >= 4 is 0 Å². The van der Waals surface area contributed by atoms with Gasteiger partial charge in [-0.3, -0.25) is 53.2 Å². The second-order valence-electron chi connectivity index (χ2n) is 7.88. The molecule has 3 rings (SSSR count). The summed E-state index contributed by atoms with van der Waals surface area (Å²) in [7, 11) is 0. The van der Waals surface area contributed by atoms with E-state index in [1.807, 2.05) is 0 Å². The minimum Gasteiger partial charge on any atom is -0.290 e. The molecule has 3 saturated heterocycles. The Morgan fingerprint density at radius 1 is 0.321 bits per heavy atom. The number of rotatable bonds is 0. The van der Waals surface area contributed by atoms with Crippen LogP contribution in [0, 0.1) is 0 Å². The number of hydrogen-bond donors (Lipinski definition) is 10. The SMILES string of the molecule is C1CCCNC2NCNC(NCCCCCCNC3NCNC(NCC1)N3)N2. The van der Waals surface area contributed by atoms with Gasteiger partial charge in [0, 0.05) is 0 Å². The molecule has 0 aromatic carbocycles. The molecule has 3 heterocycles. The van der Waals surface area contributed by atoms with Crippen molar-refractivity contribution in [1.29, 1.82) is 0 Å². The number of nitrogens with one attached hydrogen (secondary N) is 10. The van der Waals surface area contributed by atoms with Crippen LogP contribution in [-0.4, -0.2) is 64.7 Å². The van der Waals surface area contributed by atoms with Gasteiger partial charge in [-0.2, -0.15) is 0 Å². The molecular weight excluding hydrogens is 356 g/mol. The normalized spacial score (nSPS) is 36.0. The molecule has 3 aliphatic heterocycles. The van der Waals surface area contributed by atoms with Crippen molar-refractivity contribution < 1.29 is 0 Å². The summed E-state index contributed by atoms with van der Waals surface area (Å²) < 4.78 is 0. The molecular formula is C18H42N10. The summed E-state index contributed by atoms with van der Waals surface area (Å²) in [6.45, 7) is 5.78. The first-order chi connectivity index (χ1) is 13.9. The summed E-state index contributed by atoms with van der Waals surface area (Å²) in [5, 5.41) is 35.0. The highest BCUT2D eigenvalue weighted by molar-refractivity contribution is 4.75. The lowest BCUT2D eigenvalue weighted by atomic mass is 10.2. The van der Waals surface area contributed by atoms with Crippen LogP contribution in [0.5, 0.6) is 0 Å². The molecule has 164 valence electrons. The van der Waals surface area contributed by atoms with E-state index in [0.29, 0.717) is 0 Å². The molecule has 28 heavy (non-hydrogen) atoms. The maximum atomic E-state index is 3.57. The van der Waals surface area contributed by atoms with Gasteiger partial charge in [0.2, 0.25) is 0 Å². The molecule has 3 fully saturated rings. The van der Waals surface area contributed by atoms with Crippen LogP contribution < -0.4 is 53.2 Å². The summed E-state index contributed by atoms with van der Waals surface area (Å²) in [5.41, 5.74) is 0. The molecule has 4 atom stereocenters. The third-order valence-electron chi connectivity index (χ3n) is 5.49.